The number of esters is 1. The fraction of sp³-hybridized carbons (Fsp3) is 0.588. The van der Waals surface area contributed by atoms with Gasteiger partial charge in [-0.25, -0.2) is 0 Å². The van der Waals surface area contributed by atoms with Crippen LogP contribution in [0.4, 0.5) is 0 Å². The summed E-state index contributed by atoms with van der Waals surface area (Å²) < 4.78 is 13.0. The van der Waals surface area contributed by atoms with Gasteiger partial charge in [-0.05, 0) is 45.6 Å². The number of likely N-dealkylation sites (tertiary alicyclic amines) is 1. The summed E-state index contributed by atoms with van der Waals surface area (Å²) in [6.07, 6.45) is 6.08. The van der Waals surface area contributed by atoms with Crippen molar-refractivity contribution in [1.29, 1.82) is 0 Å². The number of nitrogens with zero attached hydrogens (tertiary/aromatic N) is 2. The fourth-order valence-corrected chi connectivity index (χ4v) is 7.23. The van der Waals surface area contributed by atoms with Gasteiger partial charge in [0.05, 0.1) is 30.7 Å². The summed E-state index contributed by atoms with van der Waals surface area (Å²) in [7, 11) is 0. The summed E-state index contributed by atoms with van der Waals surface area (Å²) in [5.41, 5.74) is -1.32. The zero-order valence-corrected chi connectivity index (χ0v) is 26.4. The van der Waals surface area contributed by atoms with Gasteiger partial charge in [0.15, 0.2) is 0 Å². The van der Waals surface area contributed by atoms with E-state index in [1.807, 2.05) is 71.0 Å². The Labute approximate surface area is 259 Å². The lowest BCUT2D eigenvalue weighted by Crippen LogP contribution is -2.61. The maximum absolute atomic E-state index is 14.6. The normalized spacial score (nSPS) is 34.3. The van der Waals surface area contributed by atoms with E-state index in [2.05, 4.69) is 5.32 Å². The number of carbonyl (C=O) groups excluding carboxylic acids is 4. The molecule has 0 saturated carbocycles. The molecule has 2 saturated heterocycles. The van der Waals surface area contributed by atoms with Crippen LogP contribution in [0, 0.1) is 17.8 Å². The molecule has 0 aromatic heterocycles. The van der Waals surface area contributed by atoms with Gasteiger partial charge < -0.3 is 29.7 Å². The minimum absolute atomic E-state index is 0.172. The molecule has 4 aliphatic heterocycles. The maximum Gasteiger partial charge on any atom is 0.313 e. The predicted molar refractivity (Wildman–Crippen MR) is 163 cm³/mol. The molecule has 10 nitrogen and oxygen atoms in total. The molecule has 0 unspecified atom stereocenters. The molecule has 3 amide bonds. The number of allylic oxidation sites excluding steroid dienone is 1. The number of rotatable bonds is 4. The van der Waals surface area contributed by atoms with Crippen LogP contribution in [0.25, 0.3) is 0 Å². The minimum atomic E-state index is -1.46. The summed E-state index contributed by atoms with van der Waals surface area (Å²) in [5, 5.41) is 13.5. The Morgan fingerprint density at radius 2 is 1.77 bits per heavy atom. The van der Waals surface area contributed by atoms with Crippen molar-refractivity contribution in [2.24, 2.45) is 17.8 Å². The standard InChI is InChI=1S/C34H45N3O7/c1-20(2)23(19-38)37-29-31(41)36(33(4,5)6)18-12-17-34(29)27(30(37)40)26-24(44-34)15-10-11-16-25(39)35-21(3)28(43-32(26)42)22-13-8-7-9-14-22/h7-10,12-15,17,20-21,23-24,26-29,38H,11,16,18-19H2,1-6H3,(H,35,39)/b15-10-/t21-,23-,24-,26+,27+,28+,29-,34+/m0/s1. The molecule has 44 heavy (non-hydrogen) atoms. The molecular formula is C34H45N3O7. The Kier molecular flexibility index (Phi) is 8.79. The molecule has 8 atom stereocenters. The third kappa shape index (κ3) is 5.47. The van der Waals surface area contributed by atoms with Gasteiger partial charge in [-0.3, -0.25) is 19.2 Å². The first-order chi connectivity index (χ1) is 20.8. The van der Waals surface area contributed by atoms with E-state index in [1.54, 1.807) is 30.1 Å². The Morgan fingerprint density at radius 3 is 2.41 bits per heavy atom. The van der Waals surface area contributed by atoms with Crippen LogP contribution < -0.4 is 5.32 Å². The first-order valence-electron chi connectivity index (χ1n) is 15.6. The van der Waals surface area contributed by atoms with Gasteiger partial charge >= 0.3 is 5.97 Å². The smallest absolute Gasteiger partial charge is 0.313 e. The van der Waals surface area contributed by atoms with Crippen molar-refractivity contribution in [3.05, 3.63) is 60.2 Å². The van der Waals surface area contributed by atoms with E-state index in [-0.39, 0.29) is 30.8 Å². The van der Waals surface area contributed by atoms with Gasteiger partial charge in [0.25, 0.3) is 0 Å². The number of ether oxygens (including phenoxy) is 2. The number of cyclic esters (lactones) is 1. The Balaban J connectivity index is 1.65. The highest BCUT2D eigenvalue weighted by Crippen LogP contribution is 2.54. The molecule has 5 rings (SSSR count). The molecule has 10 heteroatoms. The van der Waals surface area contributed by atoms with Crippen LogP contribution in [-0.4, -0.2) is 87.1 Å². The highest BCUT2D eigenvalue weighted by molar-refractivity contribution is 5.99. The van der Waals surface area contributed by atoms with E-state index in [4.69, 9.17) is 9.47 Å². The van der Waals surface area contributed by atoms with Crippen LogP contribution in [0.1, 0.15) is 66.1 Å². The number of benzene rings is 1. The molecule has 1 aromatic carbocycles. The molecule has 0 bridgehead atoms. The first-order valence-corrected chi connectivity index (χ1v) is 15.6. The number of carbonyl (C=O) groups is 4. The summed E-state index contributed by atoms with van der Waals surface area (Å²) in [4.78, 5) is 59.4. The fourth-order valence-electron chi connectivity index (χ4n) is 7.23. The lowest BCUT2D eigenvalue weighted by atomic mass is 9.77. The number of hydrogen-bond donors (Lipinski definition) is 2. The van der Waals surface area contributed by atoms with E-state index < -0.39 is 65.2 Å². The highest BCUT2D eigenvalue weighted by atomic mass is 16.6. The molecule has 0 aliphatic carbocycles. The van der Waals surface area contributed by atoms with Crippen LogP contribution in [-0.2, 0) is 28.7 Å². The second-order valence-corrected chi connectivity index (χ2v) is 13.7. The van der Waals surface area contributed by atoms with E-state index in [0.29, 0.717) is 18.5 Å². The van der Waals surface area contributed by atoms with Gasteiger partial charge in [0.2, 0.25) is 17.7 Å². The third-order valence-electron chi connectivity index (χ3n) is 9.41. The maximum atomic E-state index is 14.6. The summed E-state index contributed by atoms with van der Waals surface area (Å²) in [6, 6.07) is 6.88. The number of aliphatic hydroxyl groups excluding tert-OH is 1. The van der Waals surface area contributed by atoms with Crippen molar-refractivity contribution in [2.45, 2.75) is 95.9 Å². The van der Waals surface area contributed by atoms with Crippen molar-refractivity contribution in [3.8, 4) is 0 Å². The largest absolute Gasteiger partial charge is 0.455 e. The van der Waals surface area contributed by atoms with Gasteiger partial charge in [-0.1, -0.05) is 68.5 Å². The quantitative estimate of drug-likeness (QED) is 0.398. The summed E-state index contributed by atoms with van der Waals surface area (Å²) in [6.45, 7) is 11.3. The van der Waals surface area contributed by atoms with E-state index >= 15 is 0 Å². The number of hydrogen-bond acceptors (Lipinski definition) is 7. The van der Waals surface area contributed by atoms with Gasteiger partial charge in [0.1, 0.15) is 23.7 Å². The summed E-state index contributed by atoms with van der Waals surface area (Å²) >= 11 is 0. The zero-order chi connectivity index (χ0) is 32.0. The topological polar surface area (TPSA) is 125 Å². The van der Waals surface area contributed by atoms with Crippen LogP contribution >= 0.6 is 0 Å². The number of fused-ring (bicyclic) bond motifs is 2. The van der Waals surface area contributed by atoms with Gasteiger partial charge in [0, 0.05) is 18.5 Å². The molecule has 1 aromatic rings. The van der Waals surface area contributed by atoms with Gasteiger partial charge in [-0.15, -0.1) is 0 Å². The summed E-state index contributed by atoms with van der Waals surface area (Å²) in [5.74, 6) is -3.83. The Morgan fingerprint density at radius 1 is 1.07 bits per heavy atom. The van der Waals surface area contributed by atoms with E-state index in [1.165, 1.54) is 4.90 Å². The average Bonchev–Trinajstić information content (AvgIpc) is 3.34. The predicted octanol–water partition coefficient (Wildman–Crippen LogP) is 2.92. The Bertz CT molecular complexity index is 1340. The van der Waals surface area contributed by atoms with Crippen LogP contribution in [0.15, 0.2) is 54.6 Å². The average molecular weight is 608 g/mol. The third-order valence-corrected chi connectivity index (χ3v) is 9.41. The molecular weight excluding hydrogens is 562 g/mol. The molecule has 0 radical (unpaired) electrons. The molecule has 1 spiro atoms. The van der Waals surface area contributed by atoms with Crippen molar-refractivity contribution in [1.82, 2.24) is 15.1 Å². The molecule has 2 fully saturated rings. The van der Waals surface area contributed by atoms with Crippen molar-refractivity contribution < 1.29 is 33.8 Å². The van der Waals surface area contributed by atoms with Crippen LogP contribution in [0.3, 0.4) is 0 Å². The molecule has 2 N–H and O–H groups in total. The van der Waals surface area contributed by atoms with E-state index in [0.717, 1.165) is 0 Å². The van der Waals surface area contributed by atoms with Crippen molar-refractivity contribution in [2.75, 3.05) is 13.2 Å². The van der Waals surface area contributed by atoms with E-state index in [9.17, 15) is 24.3 Å². The number of aliphatic hydroxyl groups is 1. The number of amides is 3. The van der Waals surface area contributed by atoms with Crippen molar-refractivity contribution >= 4 is 23.7 Å². The number of nitrogens with one attached hydrogen (secondary N) is 1. The lowest BCUT2D eigenvalue weighted by Gasteiger charge is -2.42. The van der Waals surface area contributed by atoms with Gasteiger partial charge in [-0.2, -0.15) is 0 Å². The highest BCUT2D eigenvalue weighted by Gasteiger charge is 2.73. The lowest BCUT2D eigenvalue weighted by molar-refractivity contribution is -0.162. The second kappa shape index (κ2) is 12.1. The molecule has 4 aliphatic rings. The van der Waals surface area contributed by atoms with Crippen molar-refractivity contribution in [3.63, 3.8) is 0 Å². The SMILES string of the molecule is CC(C)[C@H](CO)N1C(=O)[C@H]2[C@@H]3C(=O)O[C@@H](c4ccccc4)[C@H](C)NC(=O)CC/C=C\[C@@H]3O[C@]23C=CCN(C(C)(C)C)C(=O)[C@H]13. The van der Waals surface area contributed by atoms with Crippen LogP contribution in [0.5, 0.6) is 0 Å². The first kappa shape index (κ1) is 31.9. The second-order valence-electron chi connectivity index (χ2n) is 13.7. The van der Waals surface area contributed by atoms with Crippen LogP contribution in [0.2, 0.25) is 0 Å². The monoisotopic (exact) mass is 607 g/mol. The molecule has 238 valence electrons. The zero-order valence-electron chi connectivity index (χ0n) is 26.4. The minimum Gasteiger partial charge on any atom is -0.455 e. The Hall–Kier alpha value is -3.50. The molecule has 4 heterocycles.